The molecule has 216 valence electrons. The smallest absolute Gasteiger partial charge is 0.365 e. The highest BCUT2D eigenvalue weighted by atomic mass is 35.5. The largest absolute Gasteiger partial charge is 0.460 e. The predicted octanol–water partition coefficient (Wildman–Crippen LogP) is 8.43. The van der Waals surface area contributed by atoms with Crippen LogP contribution in [0, 0.1) is 5.41 Å². The van der Waals surface area contributed by atoms with E-state index in [4.69, 9.17) is 37.2 Å². The Morgan fingerprint density at radius 2 is 1.43 bits per heavy atom. The molecule has 0 amide bonds. The van der Waals surface area contributed by atoms with Gasteiger partial charge in [-0.3, -0.25) is 9.65 Å². The van der Waals surface area contributed by atoms with E-state index in [1.165, 1.54) is 0 Å². The topological polar surface area (TPSA) is 56.8 Å². The summed E-state index contributed by atoms with van der Waals surface area (Å²) in [5.41, 5.74) is 1.38. The number of fused-ring (bicyclic) bond motifs is 1. The molecule has 0 aliphatic carbocycles. The Morgan fingerprint density at radius 1 is 0.881 bits per heavy atom. The summed E-state index contributed by atoms with van der Waals surface area (Å²) in [6.07, 6.45) is -2.16. The van der Waals surface area contributed by atoms with Crippen LogP contribution < -0.4 is 20.4 Å². The van der Waals surface area contributed by atoms with E-state index in [9.17, 15) is 4.57 Å². The number of hydrogen-bond acceptors (Lipinski definition) is 5. The zero-order chi connectivity index (χ0) is 29.4. The van der Waals surface area contributed by atoms with Crippen molar-refractivity contribution in [3.8, 4) is 5.75 Å². The molecule has 1 saturated heterocycles. The highest BCUT2D eigenvalue weighted by Crippen LogP contribution is 2.66. The lowest BCUT2D eigenvalue weighted by Gasteiger charge is -2.38. The lowest BCUT2D eigenvalue weighted by molar-refractivity contribution is 0.0465. The summed E-state index contributed by atoms with van der Waals surface area (Å²) in [4.78, 5) is 0. The molecule has 2 aliphatic rings. The van der Waals surface area contributed by atoms with Crippen molar-refractivity contribution in [2.45, 2.75) is 26.3 Å². The van der Waals surface area contributed by atoms with Gasteiger partial charge in [0.15, 0.2) is 0 Å². The van der Waals surface area contributed by atoms with Gasteiger partial charge in [0.2, 0.25) is 0 Å². The van der Waals surface area contributed by atoms with Crippen LogP contribution in [0.3, 0.4) is 0 Å². The summed E-state index contributed by atoms with van der Waals surface area (Å²) >= 11 is 13.1. The first-order valence-electron chi connectivity index (χ1n) is 13.8. The molecule has 6 rings (SSSR count). The van der Waals surface area contributed by atoms with Crippen LogP contribution in [0.1, 0.15) is 37.4 Å². The van der Waals surface area contributed by atoms with Crippen molar-refractivity contribution < 1.29 is 18.3 Å². The molecule has 1 N–H and O–H groups in total. The fourth-order valence-corrected chi connectivity index (χ4v) is 11.2. The number of benzene rings is 4. The summed E-state index contributed by atoms with van der Waals surface area (Å²) < 4.78 is 33.2. The van der Waals surface area contributed by atoms with Crippen LogP contribution in [-0.4, -0.2) is 13.2 Å². The van der Waals surface area contributed by atoms with Gasteiger partial charge < -0.3 is 13.8 Å². The molecule has 2 heterocycles. The molecule has 1 fully saturated rings. The van der Waals surface area contributed by atoms with Gasteiger partial charge in [0.1, 0.15) is 16.8 Å². The van der Waals surface area contributed by atoms with Crippen LogP contribution in [0.15, 0.2) is 115 Å². The van der Waals surface area contributed by atoms with Gasteiger partial charge in [-0.1, -0.05) is 128 Å². The van der Waals surface area contributed by atoms with Crippen molar-refractivity contribution in [2.75, 3.05) is 13.2 Å². The van der Waals surface area contributed by atoms with Crippen LogP contribution in [0.25, 0.3) is 5.31 Å². The van der Waals surface area contributed by atoms with Crippen molar-refractivity contribution in [2.24, 2.45) is 5.41 Å². The second kappa shape index (κ2) is 11.9. The Balaban J connectivity index is 1.51. The molecular weight excluding hydrogens is 604 g/mol. The van der Waals surface area contributed by atoms with E-state index in [0.29, 0.717) is 41.5 Å². The lowest BCUT2D eigenvalue weighted by atomic mass is 9.97. The number of hydrogen-bond donors (Lipinski definition) is 1. The van der Waals surface area contributed by atoms with Gasteiger partial charge in [0.25, 0.3) is 0 Å². The Morgan fingerprint density at radius 3 is 2.00 bits per heavy atom. The van der Waals surface area contributed by atoms with E-state index < -0.39 is 13.8 Å². The number of halogens is 1. The minimum Gasteiger partial charge on any atom is -0.460 e. The number of ether oxygens (including phenoxy) is 1. The molecule has 5 nitrogen and oxygen atoms in total. The van der Waals surface area contributed by atoms with Crippen LogP contribution in [0.4, 0.5) is 0 Å². The fraction of sp³-hybridized carbons (Fsp3) is 0.212. The zero-order valence-corrected chi connectivity index (χ0v) is 26.8. The van der Waals surface area contributed by atoms with Gasteiger partial charge in [0, 0.05) is 39.1 Å². The predicted molar refractivity (Wildman–Crippen MR) is 176 cm³/mol. The van der Waals surface area contributed by atoms with E-state index in [2.05, 4.69) is 29.4 Å². The van der Waals surface area contributed by atoms with Crippen molar-refractivity contribution >= 4 is 53.1 Å². The normalized spacial score (nSPS) is 20.7. The Kier molecular flexibility index (Phi) is 8.34. The lowest BCUT2D eigenvalue weighted by Crippen LogP contribution is -2.33. The molecule has 4 aromatic carbocycles. The van der Waals surface area contributed by atoms with Crippen LogP contribution >= 0.6 is 25.4 Å². The maximum absolute atomic E-state index is 14.5. The monoisotopic (exact) mass is 635 g/mol. The maximum Gasteiger partial charge on any atom is 0.365 e. The summed E-state index contributed by atoms with van der Waals surface area (Å²) in [7, 11) is -3.73. The molecule has 0 radical (unpaired) electrons. The van der Waals surface area contributed by atoms with E-state index in [1.54, 1.807) is 6.07 Å². The van der Waals surface area contributed by atoms with Crippen LogP contribution in [0.2, 0.25) is 5.02 Å². The number of rotatable bonds is 6. The molecule has 42 heavy (non-hydrogen) atoms. The van der Waals surface area contributed by atoms with Crippen molar-refractivity contribution in [1.29, 1.82) is 0 Å². The SMILES string of the molecule is CC1(C)COP(=O)(/C(=C2\CC(NP(=S)(c3ccccc3)c3ccccc3)c3cc(Cl)ccc3O2)c2ccccc2)OC1. The fourth-order valence-electron chi connectivity index (χ4n) is 5.20. The summed E-state index contributed by atoms with van der Waals surface area (Å²) in [5.74, 6) is 1.15. The Hall–Kier alpha value is -2.53. The third-order valence-electron chi connectivity index (χ3n) is 7.38. The van der Waals surface area contributed by atoms with Gasteiger partial charge >= 0.3 is 7.60 Å². The van der Waals surface area contributed by atoms with Gasteiger partial charge in [-0.2, -0.15) is 0 Å². The minimum absolute atomic E-state index is 0.251. The van der Waals surface area contributed by atoms with E-state index >= 15 is 0 Å². The molecule has 2 aliphatic heterocycles. The first-order chi connectivity index (χ1) is 20.2. The maximum atomic E-state index is 14.5. The molecule has 4 aromatic rings. The highest BCUT2D eigenvalue weighted by Gasteiger charge is 2.44. The van der Waals surface area contributed by atoms with Crippen molar-refractivity contribution in [3.05, 3.63) is 131 Å². The average molecular weight is 636 g/mol. The van der Waals surface area contributed by atoms with Gasteiger partial charge in [-0.05, 0) is 23.8 Å². The summed E-state index contributed by atoms with van der Waals surface area (Å²) in [6.45, 7) is 4.68. The quantitative estimate of drug-likeness (QED) is 0.215. The Bertz CT molecular complexity index is 1660. The second-order valence-electron chi connectivity index (χ2n) is 11.3. The summed E-state index contributed by atoms with van der Waals surface area (Å²) in [6, 6.07) is 35.2. The van der Waals surface area contributed by atoms with Gasteiger partial charge in [0.05, 0.1) is 19.4 Å². The van der Waals surface area contributed by atoms with Crippen LogP contribution in [-0.2, 0) is 25.4 Å². The first-order valence-corrected chi connectivity index (χ1v) is 18.5. The molecular formula is C33H32ClNO4P2S. The molecule has 0 aromatic heterocycles. The third-order valence-corrected chi connectivity index (χ3v) is 13.9. The van der Waals surface area contributed by atoms with Crippen molar-refractivity contribution in [3.63, 3.8) is 0 Å². The molecule has 9 heteroatoms. The molecule has 1 atom stereocenters. The van der Waals surface area contributed by atoms with Gasteiger partial charge in [-0.15, -0.1) is 0 Å². The molecule has 1 unspecified atom stereocenters. The Labute approximate surface area is 257 Å². The molecule has 0 spiro atoms. The van der Waals surface area contributed by atoms with Crippen molar-refractivity contribution in [1.82, 2.24) is 5.09 Å². The standard InChI is InChI=1S/C33H32ClNO4P2S/c1-33(2)22-37-41(36,38-23-33)32(24-12-6-3-7-13-24)31-21-29(28-20-25(34)18-19-30(28)39-31)35-40(42,26-14-8-4-9-15-26)27-16-10-5-11-17-27/h3-20,29H,21-23H2,1-2H3,(H,35,42)/b32-31+. The minimum atomic E-state index is -3.73. The first kappa shape index (κ1) is 29.5. The molecule has 0 saturated carbocycles. The third kappa shape index (κ3) is 5.96. The van der Waals surface area contributed by atoms with E-state index in [1.807, 2.05) is 92.7 Å². The average Bonchev–Trinajstić information content (AvgIpc) is 3.01. The van der Waals surface area contributed by atoms with E-state index in [0.717, 1.165) is 21.7 Å². The molecule has 0 bridgehead atoms. The number of nitrogens with one attached hydrogen (secondary N) is 1. The second-order valence-corrected chi connectivity index (χ2v) is 17.8. The zero-order valence-electron chi connectivity index (χ0n) is 23.4. The van der Waals surface area contributed by atoms with Gasteiger partial charge in [-0.25, -0.2) is 0 Å². The summed E-state index contributed by atoms with van der Waals surface area (Å²) in [5, 5.41) is 7.03. The van der Waals surface area contributed by atoms with E-state index in [-0.39, 0.29) is 11.5 Å². The van der Waals surface area contributed by atoms with Crippen LogP contribution in [0.5, 0.6) is 5.75 Å². The highest BCUT2D eigenvalue weighted by molar-refractivity contribution is 8.20.